The van der Waals surface area contributed by atoms with Gasteiger partial charge in [0.2, 0.25) is 5.88 Å². The van der Waals surface area contributed by atoms with E-state index in [2.05, 4.69) is 15.3 Å². The molecule has 1 N–H and O–H groups in total. The topological polar surface area (TPSA) is 64.1 Å². The van der Waals surface area contributed by atoms with Gasteiger partial charge in [0.05, 0.1) is 5.56 Å². The van der Waals surface area contributed by atoms with E-state index in [-0.39, 0.29) is 17.2 Å². The van der Waals surface area contributed by atoms with E-state index in [4.69, 9.17) is 4.74 Å². The van der Waals surface area contributed by atoms with Gasteiger partial charge in [-0.15, -0.1) is 0 Å². The van der Waals surface area contributed by atoms with Gasteiger partial charge in [-0.2, -0.15) is 13.2 Å². The van der Waals surface area contributed by atoms with Gasteiger partial charge in [0.25, 0.3) is 5.91 Å². The van der Waals surface area contributed by atoms with E-state index in [1.165, 1.54) is 19.3 Å². The summed E-state index contributed by atoms with van der Waals surface area (Å²) >= 11 is 0. The van der Waals surface area contributed by atoms with Crippen molar-refractivity contribution in [1.29, 1.82) is 0 Å². The van der Waals surface area contributed by atoms with E-state index in [0.717, 1.165) is 23.4 Å². The Morgan fingerprint density at radius 3 is 2.54 bits per heavy atom. The maximum Gasteiger partial charge on any atom is 0.416 e. The molecule has 5 nitrogen and oxygen atoms in total. The fourth-order valence-corrected chi connectivity index (χ4v) is 2.61. The van der Waals surface area contributed by atoms with Crippen molar-refractivity contribution in [3.05, 3.63) is 71.7 Å². The summed E-state index contributed by atoms with van der Waals surface area (Å²) in [7, 11) is 1.34. The van der Waals surface area contributed by atoms with Gasteiger partial charge in [-0.1, -0.05) is 0 Å². The molecule has 3 aromatic rings. The van der Waals surface area contributed by atoms with Crippen LogP contribution in [0, 0.1) is 6.92 Å². The van der Waals surface area contributed by atoms with Crippen molar-refractivity contribution in [2.45, 2.75) is 13.1 Å². The molecule has 0 saturated heterocycles. The number of carbonyl (C=O) groups is 1. The van der Waals surface area contributed by atoms with Gasteiger partial charge >= 0.3 is 6.18 Å². The van der Waals surface area contributed by atoms with Crippen molar-refractivity contribution in [1.82, 2.24) is 15.3 Å². The van der Waals surface area contributed by atoms with Crippen LogP contribution in [0.4, 0.5) is 13.2 Å². The molecule has 0 atom stereocenters. The smallest absolute Gasteiger partial charge is 0.416 e. The maximum absolute atomic E-state index is 13.2. The summed E-state index contributed by atoms with van der Waals surface area (Å²) < 4.78 is 45.4. The molecule has 2 heterocycles. The van der Waals surface area contributed by atoms with E-state index in [9.17, 15) is 18.0 Å². The zero-order chi connectivity index (χ0) is 20.3. The Bertz CT molecular complexity index is 1020. The van der Waals surface area contributed by atoms with Crippen molar-refractivity contribution < 1.29 is 22.7 Å². The molecule has 0 aliphatic carbocycles. The summed E-state index contributed by atoms with van der Waals surface area (Å²) in [5.74, 6) is -0.670. The van der Waals surface area contributed by atoms with Gasteiger partial charge in [-0.05, 0) is 55.0 Å². The van der Waals surface area contributed by atoms with Crippen molar-refractivity contribution in [3.63, 3.8) is 0 Å². The Labute approximate surface area is 159 Å². The summed E-state index contributed by atoms with van der Waals surface area (Å²) in [6.45, 7) is 1.82. The highest BCUT2D eigenvalue weighted by atomic mass is 19.4. The minimum atomic E-state index is -4.63. The third kappa shape index (κ3) is 4.28. The van der Waals surface area contributed by atoms with Crippen molar-refractivity contribution in [3.8, 4) is 22.8 Å². The molecule has 0 aliphatic heterocycles. The molecule has 0 radical (unpaired) electrons. The first-order valence-electron chi connectivity index (χ1n) is 8.28. The Hall–Kier alpha value is -3.42. The lowest BCUT2D eigenvalue weighted by Crippen LogP contribution is -2.19. The van der Waals surface area contributed by atoms with Gasteiger partial charge in [0, 0.05) is 36.3 Å². The maximum atomic E-state index is 13.2. The molecule has 8 heteroatoms. The summed E-state index contributed by atoms with van der Waals surface area (Å²) in [6, 6.07) is 9.85. The Kier molecular flexibility index (Phi) is 5.30. The quantitative estimate of drug-likeness (QED) is 0.709. The molecule has 0 unspecified atom stereocenters. The highest BCUT2D eigenvalue weighted by Gasteiger charge is 2.32. The number of nitrogens with one attached hydrogen (secondary N) is 1. The number of amides is 1. The highest BCUT2D eigenvalue weighted by Crippen LogP contribution is 2.36. The summed E-state index contributed by atoms with van der Waals surface area (Å²) in [5, 5.41) is 2.31. The molecule has 1 aromatic carbocycles. The van der Waals surface area contributed by atoms with Crippen LogP contribution in [0.15, 0.2) is 54.9 Å². The van der Waals surface area contributed by atoms with Crippen LogP contribution in [0.5, 0.6) is 11.6 Å². The fraction of sp³-hybridized carbons (Fsp3) is 0.150. The van der Waals surface area contributed by atoms with Gasteiger partial charge in [-0.25, -0.2) is 4.98 Å². The number of hydrogen-bond donors (Lipinski definition) is 1. The second-order valence-electron chi connectivity index (χ2n) is 5.97. The Morgan fingerprint density at radius 1 is 1.07 bits per heavy atom. The van der Waals surface area contributed by atoms with Gasteiger partial charge in [0.15, 0.2) is 0 Å². The predicted octanol–water partition coefficient (Wildman–Crippen LogP) is 4.62. The number of aryl methyl sites for hydroxylation is 1. The summed E-state index contributed by atoms with van der Waals surface area (Å²) in [6.07, 6.45) is -1.53. The number of aromatic nitrogens is 2. The molecular formula is C20H16F3N3O2. The normalized spacial score (nSPS) is 11.2. The summed E-state index contributed by atoms with van der Waals surface area (Å²) in [5.41, 5.74) is 0.972. The number of rotatable bonds is 4. The molecule has 0 spiro atoms. The lowest BCUT2D eigenvalue weighted by molar-refractivity contribution is -0.137. The van der Waals surface area contributed by atoms with Crippen LogP contribution in [0.3, 0.4) is 0 Å². The standard InChI is InChI=1S/C20H16F3N3O2/c1-12-8-13(5-7-25-12)17-4-3-6-26-19(17)28-16-10-14(18(27)24-2)9-15(11-16)20(21,22)23/h3-11H,1-2H3,(H,24,27). The second-order valence-corrected chi connectivity index (χ2v) is 5.97. The number of halogens is 3. The lowest BCUT2D eigenvalue weighted by Gasteiger charge is -2.14. The molecule has 144 valence electrons. The van der Waals surface area contributed by atoms with E-state index in [1.807, 2.05) is 13.0 Å². The number of carbonyl (C=O) groups excluding carboxylic acids is 1. The zero-order valence-electron chi connectivity index (χ0n) is 15.0. The molecule has 0 bridgehead atoms. The van der Waals surface area contributed by atoms with Gasteiger partial charge < -0.3 is 10.1 Å². The lowest BCUT2D eigenvalue weighted by atomic mass is 10.1. The average Bonchev–Trinajstić information content (AvgIpc) is 2.67. The van der Waals surface area contributed by atoms with Crippen LogP contribution in [0.2, 0.25) is 0 Å². The minimum Gasteiger partial charge on any atom is -0.438 e. The molecule has 2 aromatic heterocycles. The number of ether oxygens (including phenoxy) is 1. The first-order chi connectivity index (χ1) is 13.3. The van der Waals surface area contributed by atoms with Crippen LogP contribution < -0.4 is 10.1 Å². The van der Waals surface area contributed by atoms with E-state index in [1.54, 1.807) is 24.4 Å². The van der Waals surface area contributed by atoms with E-state index < -0.39 is 17.6 Å². The number of hydrogen-bond acceptors (Lipinski definition) is 4. The van der Waals surface area contributed by atoms with Gasteiger partial charge in [-0.3, -0.25) is 9.78 Å². The molecule has 0 saturated carbocycles. The number of benzene rings is 1. The van der Waals surface area contributed by atoms with Crippen molar-refractivity contribution in [2.75, 3.05) is 7.05 Å². The number of alkyl halides is 3. The molecular weight excluding hydrogens is 371 g/mol. The summed E-state index contributed by atoms with van der Waals surface area (Å²) in [4.78, 5) is 20.1. The monoisotopic (exact) mass is 387 g/mol. The number of nitrogens with zero attached hydrogens (tertiary/aromatic N) is 2. The third-order valence-electron chi connectivity index (χ3n) is 3.92. The van der Waals surface area contributed by atoms with Crippen LogP contribution in [-0.4, -0.2) is 22.9 Å². The van der Waals surface area contributed by atoms with Crippen LogP contribution in [0.25, 0.3) is 11.1 Å². The second kappa shape index (κ2) is 7.67. The number of pyridine rings is 2. The molecule has 28 heavy (non-hydrogen) atoms. The Morgan fingerprint density at radius 2 is 1.86 bits per heavy atom. The molecule has 0 aliphatic rings. The Balaban J connectivity index is 2.06. The zero-order valence-corrected chi connectivity index (χ0v) is 15.0. The SMILES string of the molecule is CNC(=O)c1cc(Oc2ncccc2-c2ccnc(C)c2)cc(C(F)(F)F)c1. The van der Waals surface area contributed by atoms with Crippen LogP contribution >= 0.6 is 0 Å². The van der Waals surface area contributed by atoms with Crippen molar-refractivity contribution in [2.24, 2.45) is 0 Å². The largest absolute Gasteiger partial charge is 0.438 e. The average molecular weight is 387 g/mol. The fourth-order valence-electron chi connectivity index (χ4n) is 2.61. The molecule has 0 fully saturated rings. The van der Waals surface area contributed by atoms with E-state index in [0.29, 0.717) is 5.56 Å². The minimum absolute atomic E-state index is 0.121. The van der Waals surface area contributed by atoms with Gasteiger partial charge in [0.1, 0.15) is 5.75 Å². The van der Waals surface area contributed by atoms with Crippen LogP contribution in [-0.2, 0) is 6.18 Å². The van der Waals surface area contributed by atoms with Crippen LogP contribution in [0.1, 0.15) is 21.6 Å². The molecule has 3 rings (SSSR count). The predicted molar refractivity (Wildman–Crippen MR) is 97.1 cm³/mol. The first-order valence-corrected chi connectivity index (χ1v) is 8.28. The first kappa shape index (κ1) is 19.3. The van der Waals surface area contributed by atoms with E-state index >= 15 is 0 Å². The third-order valence-corrected chi connectivity index (χ3v) is 3.92. The molecule has 1 amide bonds. The highest BCUT2D eigenvalue weighted by molar-refractivity contribution is 5.94. The van der Waals surface area contributed by atoms with Crippen molar-refractivity contribution >= 4 is 5.91 Å².